The number of hydrogen-bond donors (Lipinski definition) is 1. The number of fused-ring (bicyclic) bond motifs is 2. The van der Waals surface area contributed by atoms with Gasteiger partial charge in [-0.3, -0.25) is 14.9 Å². The quantitative estimate of drug-likeness (QED) is 0.438. The van der Waals surface area contributed by atoms with Gasteiger partial charge < -0.3 is 13.9 Å². The number of carbonyl (C=O) groups excluding carboxylic acids is 1. The zero-order valence-corrected chi connectivity index (χ0v) is 13.2. The van der Waals surface area contributed by atoms with Crippen molar-refractivity contribution in [1.29, 1.82) is 0 Å². The van der Waals surface area contributed by atoms with Gasteiger partial charge in [-0.1, -0.05) is 0 Å². The van der Waals surface area contributed by atoms with Crippen LogP contribution in [0.1, 0.15) is 16.1 Å². The summed E-state index contributed by atoms with van der Waals surface area (Å²) in [4.78, 5) is 22.4. The molecule has 2 aromatic carbocycles. The van der Waals surface area contributed by atoms with Crippen LogP contribution in [0, 0.1) is 10.1 Å². The molecule has 9 nitrogen and oxygen atoms in total. The summed E-state index contributed by atoms with van der Waals surface area (Å²) in [6.07, 6.45) is 1.45. The standard InChI is InChI=1S/C17H11N3O6/c21-17(16-7-11-6-12(20(22)23)2-4-13(11)26-16)19-18-8-10-1-3-14-15(5-10)25-9-24-14/h1-8H,9H2,(H,19,21)/b18-8-. The lowest BCUT2D eigenvalue weighted by Crippen LogP contribution is -2.16. The van der Waals surface area contributed by atoms with Gasteiger partial charge >= 0.3 is 5.91 Å². The minimum absolute atomic E-state index is 0.00309. The molecule has 26 heavy (non-hydrogen) atoms. The number of hydrogen-bond acceptors (Lipinski definition) is 7. The predicted octanol–water partition coefficient (Wildman–Crippen LogP) is 2.83. The van der Waals surface area contributed by atoms with E-state index < -0.39 is 10.8 Å². The molecule has 0 atom stereocenters. The van der Waals surface area contributed by atoms with Crippen molar-refractivity contribution in [3.05, 3.63) is 63.9 Å². The topological polar surface area (TPSA) is 116 Å². The highest BCUT2D eigenvalue weighted by atomic mass is 16.7. The van der Waals surface area contributed by atoms with Crippen molar-refractivity contribution in [2.45, 2.75) is 0 Å². The molecule has 1 amide bonds. The molecule has 0 saturated carbocycles. The highest BCUT2D eigenvalue weighted by Gasteiger charge is 2.15. The van der Waals surface area contributed by atoms with Crippen LogP contribution in [-0.4, -0.2) is 23.8 Å². The van der Waals surface area contributed by atoms with E-state index in [9.17, 15) is 14.9 Å². The van der Waals surface area contributed by atoms with Crippen molar-refractivity contribution in [1.82, 2.24) is 5.43 Å². The van der Waals surface area contributed by atoms with Gasteiger partial charge in [-0.2, -0.15) is 5.10 Å². The molecule has 0 fully saturated rings. The molecular formula is C17H11N3O6. The number of benzene rings is 2. The van der Waals surface area contributed by atoms with E-state index in [4.69, 9.17) is 13.9 Å². The molecule has 1 aromatic heterocycles. The molecule has 3 aromatic rings. The van der Waals surface area contributed by atoms with Crippen molar-refractivity contribution in [2.75, 3.05) is 6.79 Å². The molecule has 130 valence electrons. The van der Waals surface area contributed by atoms with E-state index in [0.29, 0.717) is 22.5 Å². The van der Waals surface area contributed by atoms with Crippen molar-refractivity contribution in [3.63, 3.8) is 0 Å². The summed E-state index contributed by atoms with van der Waals surface area (Å²) < 4.78 is 15.9. The Hall–Kier alpha value is -3.88. The Balaban J connectivity index is 1.47. The first kappa shape index (κ1) is 15.6. The van der Waals surface area contributed by atoms with E-state index in [2.05, 4.69) is 10.5 Å². The van der Waals surface area contributed by atoms with E-state index in [-0.39, 0.29) is 18.2 Å². The van der Waals surface area contributed by atoms with E-state index in [1.165, 1.54) is 30.5 Å². The van der Waals surface area contributed by atoms with E-state index >= 15 is 0 Å². The Morgan fingerprint density at radius 3 is 2.85 bits per heavy atom. The Labute approximate surface area is 146 Å². The SMILES string of the molecule is O=C(N/N=C\c1ccc2c(c1)OCO2)c1cc2cc([N+](=O)[O-])ccc2o1. The first-order valence-electron chi connectivity index (χ1n) is 7.51. The van der Waals surface area contributed by atoms with Crippen LogP contribution in [0.2, 0.25) is 0 Å². The van der Waals surface area contributed by atoms with Gasteiger partial charge in [-0.15, -0.1) is 0 Å². The molecule has 4 rings (SSSR count). The first-order chi connectivity index (χ1) is 12.6. The summed E-state index contributed by atoms with van der Waals surface area (Å²) in [5.41, 5.74) is 3.36. The van der Waals surface area contributed by atoms with E-state index in [1.54, 1.807) is 18.2 Å². The molecular weight excluding hydrogens is 342 g/mol. The monoisotopic (exact) mass is 353 g/mol. The third-order valence-corrected chi connectivity index (χ3v) is 3.71. The fourth-order valence-corrected chi connectivity index (χ4v) is 2.47. The third-order valence-electron chi connectivity index (χ3n) is 3.71. The predicted molar refractivity (Wildman–Crippen MR) is 90.5 cm³/mol. The largest absolute Gasteiger partial charge is 0.454 e. The average Bonchev–Trinajstić information content (AvgIpc) is 3.27. The summed E-state index contributed by atoms with van der Waals surface area (Å²) >= 11 is 0. The summed E-state index contributed by atoms with van der Waals surface area (Å²) in [6, 6.07) is 10.8. The highest BCUT2D eigenvalue weighted by Crippen LogP contribution is 2.32. The van der Waals surface area contributed by atoms with Crippen molar-refractivity contribution in [3.8, 4) is 11.5 Å². The maximum absolute atomic E-state index is 12.1. The molecule has 2 heterocycles. The lowest BCUT2D eigenvalue weighted by Gasteiger charge is -1.98. The number of amides is 1. The van der Waals surface area contributed by atoms with Crippen LogP contribution < -0.4 is 14.9 Å². The summed E-state index contributed by atoms with van der Waals surface area (Å²) in [5.74, 6) is 0.700. The number of nitro groups is 1. The van der Waals surface area contributed by atoms with Crippen molar-refractivity contribution >= 4 is 28.8 Å². The molecule has 0 aliphatic carbocycles. The highest BCUT2D eigenvalue weighted by molar-refractivity contribution is 5.97. The van der Waals surface area contributed by atoms with E-state index in [0.717, 1.165) is 5.56 Å². The molecule has 1 aliphatic heterocycles. The molecule has 0 saturated heterocycles. The van der Waals surface area contributed by atoms with E-state index in [1.807, 2.05) is 0 Å². The van der Waals surface area contributed by atoms with Crippen molar-refractivity contribution < 1.29 is 23.6 Å². The molecule has 0 spiro atoms. The molecule has 0 unspecified atom stereocenters. The van der Waals surface area contributed by atoms with Gasteiger partial charge in [0.2, 0.25) is 6.79 Å². The summed E-state index contributed by atoms with van der Waals surface area (Å²) in [5, 5.41) is 15.1. The van der Waals surface area contributed by atoms with Gasteiger partial charge in [0.15, 0.2) is 17.3 Å². The van der Waals surface area contributed by atoms with Crippen LogP contribution in [0.25, 0.3) is 11.0 Å². The van der Waals surface area contributed by atoms with Crippen LogP contribution >= 0.6 is 0 Å². The second-order valence-electron chi connectivity index (χ2n) is 5.40. The third kappa shape index (κ3) is 2.93. The Kier molecular flexibility index (Phi) is 3.73. The molecule has 1 aliphatic rings. The minimum Gasteiger partial charge on any atom is -0.454 e. The number of ether oxygens (including phenoxy) is 2. The average molecular weight is 353 g/mol. The number of nitro benzene ring substituents is 1. The number of carbonyl (C=O) groups is 1. The fourth-order valence-electron chi connectivity index (χ4n) is 2.47. The van der Waals surface area contributed by atoms with Crippen LogP contribution in [0.4, 0.5) is 5.69 Å². The maximum Gasteiger partial charge on any atom is 0.307 e. The van der Waals surface area contributed by atoms with Crippen molar-refractivity contribution in [2.24, 2.45) is 5.10 Å². The number of nitrogens with one attached hydrogen (secondary N) is 1. The number of hydrazone groups is 1. The number of non-ortho nitro benzene ring substituents is 1. The number of nitrogens with zero attached hydrogens (tertiary/aromatic N) is 2. The van der Waals surface area contributed by atoms with Gasteiger partial charge in [-0.25, -0.2) is 5.43 Å². The Bertz CT molecular complexity index is 1060. The first-order valence-corrected chi connectivity index (χ1v) is 7.51. The molecule has 0 bridgehead atoms. The van der Waals surface area contributed by atoms with Gasteiger partial charge in [0, 0.05) is 17.5 Å². The fraction of sp³-hybridized carbons (Fsp3) is 0.0588. The molecule has 9 heteroatoms. The smallest absolute Gasteiger partial charge is 0.307 e. The Morgan fingerprint density at radius 2 is 2.00 bits per heavy atom. The number of furan rings is 1. The lowest BCUT2D eigenvalue weighted by atomic mass is 10.2. The van der Waals surface area contributed by atoms with Gasteiger partial charge in [-0.05, 0) is 35.9 Å². The zero-order valence-electron chi connectivity index (χ0n) is 13.2. The number of rotatable bonds is 4. The zero-order chi connectivity index (χ0) is 18.1. The summed E-state index contributed by atoms with van der Waals surface area (Å²) in [6.45, 7) is 0.177. The molecule has 0 radical (unpaired) electrons. The summed E-state index contributed by atoms with van der Waals surface area (Å²) in [7, 11) is 0. The minimum atomic E-state index is -0.569. The second kappa shape index (κ2) is 6.20. The van der Waals surface area contributed by atoms with Crippen LogP contribution in [0.5, 0.6) is 11.5 Å². The second-order valence-corrected chi connectivity index (χ2v) is 5.40. The maximum atomic E-state index is 12.1. The Morgan fingerprint density at radius 1 is 1.15 bits per heavy atom. The van der Waals surface area contributed by atoms with Gasteiger partial charge in [0.25, 0.3) is 5.69 Å². The van der Waals surface area contributed by atoms with Crippen LogP contribution in [0.3, 0.4) is 0 Å². The van der Waals surface area contributed by atoms with Gasteiger partial charge in [0.05, 0.1) is 11.1 Å². The molecule has 1 N–H and O–H groups in total. The van der Waals surface area contributed by atoms with Crippen LogP contribution in [-0.2, 0) is 0 Å². The normalized spacial score (nSPS) is 12.6. The van der Waals surface area contributed by atoms with Crippen LogP contribution in [0.15, 0.2) is 52.0 Å². The lowest BCUT2D eigenvalue weighted by molar-refractivity contribution is -0.384. The van der Waals surface area contributed by atoms with Gasteiger partial charge in [0.1, 0.15) is 5.58 Å².